The van der Waals surface area contributed by atoms with Crippen molar-refractivity contribution in [1.82, 2.24) is 15.5 Å². The number of aliphatic hydroxyl groups is 1. The Kier molecular flexibility index (Phi) is 12.6. The third-order valence-electron chi connectivity index (χ3n) is 8.10. The molecule has 0 spiro atoms. The summed E-state index contributed by atoms with van der Waals surface area (Å²) in [5.41, 5.74) is 13.8. The largest absolute Gasteiger partial charge is 0.449 e. The standard InChI is InChI=1S/C35H41N7O7/c1-5-42(35(47)49-31-28-12-8-6-10-26(28)27-11-7-9-13-29(27)31)19-24-18-25(15-14-23(24)20-43)39-32(44)22(4)38-33(45)30(21(2)3)40-34(46)48-17-16-37-41-36/h6-15,18,21-22,30-31,43H,5,16-17,19-20H2,1-4H3,(H,38,45)(H,39,44)(H,40,46)/t22-,30-/m0/s1. The maximum atomic E-state index is 13.5. The van der Waals surface area contributed by atoms with E-state index in [0.717, 1.165) is 22.3 Å². The molecule has 258 valence electrons. The zero-order chi connectivity index (χ0) is 35.5. The normalized spacial score (nSPS) is 12.9. The maximum Gasteiger partial charge on any atom is 0.411 e. The Morgan fingerprint density at radius 3 is 2.18 bits per heavy atom. The monoisotopic (exact) mass is 671 g/mol. The molecule has 2 atom stereocenters. The minimum Gasteiger partial charge on any atom is -0.449 e. The summed E-state index contributed by atoms with van der Waals surface area (Å²) in [5, 5.41) is 21.2. The van der Waals surface area contributed by atoms with Gasteiger partial charge in [-0.1, -0.05) is 73.6 Å². The van der Waals surface area contributed by atoms with Crippen LogP contribution in [-0.4, -0.2) is 65.8 Å². The van der Waals surface area contributed by atoms with Crippen LogP contribution in [0.2, 0.25) is 0 Å². The van der Waals surface area contributed by atoms with Gasteiger partial charge in [0.25, 0.3) is 0 Å². The number of nitrogens with zero attached hydrogens (tertiary/aromatic N) is 4. The SMILES string of the molecule is CCN(Cc1cc(NC(=O)[C@H](C)NC(=O)[C@@H](NC(=O)OCCN=[N+]=[N-])C(C)C)ccc1CO)C(=O)OC1c2ccccc2-c2ccccc21. The molecule has 0 radical (unpaired) electrons. The second kappa shape index (κ2) is 17.0. The van der Waals surface area contributed by atoms with Gasteiger partial charge in [-0.05, 0) is 59.7 Å². The molecule has 0 bridgehead atoms. The predicted molar refractivity (Wildman–Crippen MR) is 182 cm³/mol. The lowest BCUT2D eigenvalue weighted by Gasteiger charge is -2.25. The highest BCUT2D eigenvalue weighted by atomic mass is 16.6. The van der Waals surface area contributed by atoms with Crippen LogP contribution in [0.5, 0.6) is 0 Å². The number of ether oxygens (including phenoxy) is 2. The number of benzene rings is 3. The van der Waals surface area contributed by atoms with E-state index in [4.69, 9.17) is 15.0 Å². The van der Waals surface area contributed by atoms with E-state index in [-0.39, 0.29) is 32.2 Å². The second-order valence-corrected chi connectivity index (χ2v) is 11.8. The van der Waals surface area contributed by atoms with Gasteiger partial charge in [-0.15, -0.1) is 0 Å². The van der Waals surface area contributed by atoms with Crippen molar-refractivity contribution in [2.24, 2.45) is 11.0 Å². The van der Waals surface area contributed by atoms with E-state index in [9.17, 15) is 24.3 Å². The van der Waals surface area contributed by atoms with Crippen LogP contribution >= 0.6 is 0 Å². The molecule has 1 aliphatic rings. The van der Waals surface area contributed by atoms with Crippen LogP contribution in [0.3, 0.4) is 0 Å². The zero-order valence-electron chi connectivity index (χ0n) is 27.9. The van der Waals surface area contributed by atoms with Crippen molar-refractivity contribution < 1.29 is 33.8 Å². The molecule has 4 amide bonds. The lowest BCUT2D eigenvalue weighted by atomic mass is 10.0. The number of nitrogens with one attached hydrogen (secondary N) is 3. The topological polar surface area (TPSA) is 195 Å². The molecule has 4 rings (SSSR count). The van der Waals surface area contributed by atoms with Crippen LogP contribution in [0, 0.1) is 5.92 Å². The number of amides is 4. The lowest BCUT2D eigenvalue weighted by molar-refractivity contribution is -0.128. The molecule has 49 heavy (non-hydrogen) atoms. The molecule has 14 nitrogen and oxygen atoms in total. The first-order chi connectivity index (χ1) is 23.6. The van der Waals surface area contributed by atoms with Crippen molar-refractivity contribution in [3.05, 3.63) is 99.4 Å². The van der Waals surface area contributed by atoms with Crippen LogP contribution in [-0.2, 0) is 32.2 Å². The minimum atomic E-state index is -0.997. The minimum absolute atomic E-state index is 0.0499. The highest BCUT2D eigenvalue weighted by molar-refractivity contribution is 5.98. The van der Waals surface area contributed by atoms with Crippen molar-refractivity contribution in [3.8, 4) is 11.1 Å². The highest BCUT2D eigenvalue weighted by Gasteiger charge is 2.32. The van der Waals surface area contributed by atoms with Gasteiger partial charge < -0.3 is 35.4 Å². The molecule has 0 aromatic heterocycles. The molecule has 1 aliphatic carbocycles. The summed E-state index contributed by atoms with van der Waals surface area (Å²) in [6, 6.07) is 18.6. The molecule has 0 unspecified atom stereocenters. The molecule has 0 saturated carbocycles. The van der Waals surface area contributed by atoms with Gasteiger partial charge in [-0.2, -0.15) is 0 Å². The van der Waals surface area contributed by atoms with E-state index in [0.29, 0.717) is 23.4 Å². The Labute approximate surface area is 284 Å². The third kappa shape index (κ3) is 9.06. The number of hydrogen-bond acceptors (Lipinski definition) is 8. The van der Waals surface area contributed by atoms with Gasteiger partial charge in [0.15, 0.2) is 6.10 Å². The number of fused-ring (bicyclic) bond motifs is 3. The fourth-order valence-corrected chi connectivity index (χ4v) is 5.47. The summed E-state index contributed by atoms with van der Waals surface area (Å²) < 4.78 is 11.0. The summed E-state index contributed by atoms with van der Waals surface area (Å²) in [5.74, 6) is -1.45. The number of carbonyl (C=O) groups is 4. The van der Waals surface area contributed by atoms with E-state index in [1.165, 1.54) is 11.8 Å². The molecule has 14 heteroatoms. The van der Waals surface area contributed by atoms with Crippen LogP contribution in [0.25, 0.3) is 21.6 Å². The number of rotatable bonds is 14. The average molecular weight is 672 g/mol. The van der Waals surface area contributed by atoms with E-state index in [1.54, 1.807) is 32.0 Å². The van der Waals surface area contributed by atoms with Crippen molar-refractivity contribution in [1.29, 1.82) is 0 Å². The van der Waals surface area contributed by atoms with Gasteiger partial charge in [0.05, 0.1) is 19.8 Å². The number of alkyl carbamates (subject to hydrolysis) is 1. The molecule has 0 aliphatic heterocycles. The van der Waals surface area contributed by atoms with E-state index < -0.39 is 42.2 Å². The summed E-state index contributed by atoms with van der Waals surface area (Å²) in [6.45, 7) is 6.72. The van der Waals surface area contributed by atoms with Crippen molar-refractivity contribution >= 4 is 29.7 Å². The summed E-state index contributed by atoms with van der Waals surface area (Å²) in [6.07, 6.45) is -1.95. The Morgan fingerprint density at radius 2 is 1.59 bits per heavy atom. The first kappa shape index (κ1) is 36.2. The summed E-state index contributed by atoms with van der Waals surface area (Å²) in [7, 11) is 0. The van der Waals surface area contributed by atoms with Crippen molar-refractivity contribution in [3.63, 3.8) is 0 Å². The highest BCUT2D eigenvalue weighted by Crippen LogP contribution is 2.45. The fourth-order valence-electron chi connectivity index (χ4n) is 5.47. The molecule has 3 aromatic carbocycles. The van der Waals surface area contributed by atoms with Crippen LogP contribution in [0.15, 0.2) is 71.8 Å². The van der Waals surface area contributed by atoms with Gasteiger partial charge in [0, 0.05) is 34.8 Å². The maximum absolute atomic E-state index is 13.5. The summed E-state index contributed by atoms with van der Waals surface area (Å²) in [4.78, 5) is 55.8. The van der Waals surface area contributed by atoms with Gasteiger partial charge in [-0.3, -0.25) is 9.59 Å². The Balaban J connectivity index is 1.40. The molecular formula is C35H41N7O7. The fraction of sp³-hybridized carbons (Fsp3) is 0.371. The van der Waals surface area contributed by atoms with Crippen molar-refractivity contribution in [2.75, 3.05) is 25.0 Å². The first-order valence-electron chi connectivity index (χ1n) is 16.0. The van der Waals surface area contributed by atoms with Crippen LogP contribution < -0.4 is 16.0 Å². The number of azide groups is 1. The van der Waals surface area contributed by atoms with Gasteiger partial charge in [0.2, 0.25) is 11.8 Å². The molecule has 3 aromatic rings. The molecule has 4 N–H and O–H groups in total. The zero-order valence-corrected chi connectivity index (χ0v) is 27.9. The Hall–Kier alpha value is -5.59. The smallest absolute Gasteiger partial charge is 0.411 e. The van der Waals surface area contributed by atoms with Crippen molar-refractivity contribution in [2.45, 2.75) is 59.0 Å². The number of hydrogen-bond donors (Lipinski definition) is 4. The van der Waals surface area contributed by atoms with E-state index in [2.05, 4.69) is 26.0 Å². The van der Waals surface area contributed by atoms with Gasteiger partial charge in [-0.25, -0.2) is 9.59 Å². The average Bonchev–Trinajstić information content (AvgIpc) is 3.40. The molecular weight excluding hydrogens is 630 g/mol. The summed E-state index contributed by atoms with van der Waals surface area (Å²) >= 11 is 0. The Bertz CT molecular complexity index is 1680. The molecule has 0 saturated heterocycles. The van der Waals surface area contributed by atoms with Gasteiger partial charge in [0.1, 0.15) is 12.1 Å². The number of anilines is 1. The van der Waals surface area contributed by atoms with Gasteiger partial charge >= 0.3 is 12.2 Å². The van der Waals surface area contributed by atoms with E-state index in [1.807, 2.05) is 55.5 Å². The van der Waals surface area contributed by atoms with E-state index >= 15 is 0 Å². The predicted octanol–water partition coefficient (Wildman–Crippen LogP) is 5.41. The lowest BCUT2D eigenvalue weighted by Crippen LogP contribution is -2.53. The quantitative estimate of drug-likeness (QED) is 0.0761. The molecule has 0 fully saturated rings. The molecule has 0 heterocycles. The third-order valence-corrected chi connectivity index (χ3v) is 8.10. The van der Waals surface area contributed by atoms with Crippen LogP contribution in [0.4, 0.5) is 15.3 Å². The number of carbonyl (C=O) groups excluding carboxylic acids is 4. The first-order valence-corrected chi connectivity index (χ1v) is 16.0. The second-order valence-electron chi connectivity index (χ2n) is 11.8. The van der Waals surface area contributed by atoms with Crippen LogP contribution in [0.1, 0.15) is 56.1 Å². The number of aliphatic hydroxyl groups excluding tert-OH is 1. The Morgan fingerprint density at radius 1 is 0.939 bits per heavy atom.